The van der Waals surface area contributed by atoms with Gasteiger partial charge in [-0.05, 0) is 48.4 Å². The Kier molecular flexibility index (Phi) is 6.56. The van der Waals surface area contributed by atoms with Crippen LogP contribution in [0.3, 0.4) is 0 Å². The molecule has 2 aromatic carbocycles. The average Bonchev–Trinajstić information content (AvgIpc) is 2.82. The molecule has 1 aliphatic heterocycles. The van der Waals surface area contributed by atoms with Gasteiger partial charge in [-0.2, -0.15) is 10.2 Å². The fourth-order valence-electron chi connectivity index (χ4n) is 3.50. The third-order valence-corrected chi connectivity index (χ3v) is 5.35. The number of aromatic nitrogens is 2. The molecule has 1 aromatic heterocycles. The van der Waals surface area contributed by atoms with Crippen LogP contribution in [0.2, 0.25) is 0 Å². The van der Waals surface area contributed by atoms with E-state index in [2.05, 4.69) is 11.1 Å². The quantitative estimate of drug-likeness (QED) is 0.569. The van der Waals surface area contributed by atoms with Gasteiger partial charge in [-0.3, -0.25) is 4.57 Å². The molecule has 0 amide bonds. The molecule has 1 aliphatic rings. The maximum atomic E-state index is 14.6. The molecule has 0 unspecified atom stereocenters. The highest BCUT2D eigenvalue weighted by Crippen LogP contribution is 2.27. The van der Waals surface area contributed by atoms with Crippen molar-refractivity contribution in [3.8, 4) is 23.4 Å². The third-order valence-electron chi connectivity index (χ3n) is 5.35. The molecule has 0 aliphatic carbocycles. The van der Waals surface area contributed by atoms with Gasteiger partial charge in [0, 0.05) is 26.2 Å². The Morgan fingerprint density at radius 1 is 1.18 bits per heavy atom. The van der Waals surface area contributed by atoms with Crippen LogP contribution in [0.5, 0.6) is 17.4 Å². The maximum absolute atomic E-state index is 14.6. The molecule has 2 heterocycles. The summed E-state index contributed by atoms with van der Waals surface area (Å²) in [6.07, 6.45) is 0. The van der Waals surface area contributed by atoms with Crippen molar-refractivity contribution < 1.29 is 18.6 Å². The minimum Gasteiger partial charge on any atom is -0.473 e. The average molecular weight is 450 g/mol. The van der Waals surface area contributed by atoms with Crippen LogP contribution in [-0.4, -0.2) is 35.9 Å². The summed E-state index contributed by atoms with van der Waals surface area (Å²) in [5.41, 5.74) is 1.42. The molecule has 4 rings (SSSR count). The van der Waals surface area contributed by atoms with Crippen molar-refractivity contribution in [2.24, 2.45) is 7.05 Å². The largest absolute Gasteiger partial charge is 0.473 e. The number of nitriles is 1. The third kappa shape index (κ3) is 5.13. The molecule has 9 heteroatoms. The van der Waals surface area contributed by atoms with E-state index < -0.39 is 11.5 Å². The summed E-state index contributed by atoms with van der Waals surface area (Å²) in [6, 6.07) is 13.2. The van der Waals surface area contributed by atoms with E-state index in [1.165, 1.54) is 16.7 Å². The van der Waals surface area contributed by atoms with Gasteiger partial charge in [-0.1, -0.05) is 6.07 Å². The topological polar surface area (TPSA) is 89.6 Å². The Balaban J connectivity index is 1.45. The molecule has 8 nitrogen and oxygen atoms in total. The first-order valence-electron chi connectivity index (χ1n) is 10.4. The monoisotopic (exact) mass is 450 g/mol. The molecule has 0 N–H and O–H groups in total. The van der Waals surface area contributed by atoms with Crippen LogP contribution in [0.4, 0.5) is 10.2 Å². The van der Waals surface area contributed by atoms with Gasteiger partial charge in [0.1, 0.15) is 18.2 Å². The zero-order chi connectivity index (χ0) is 23.4. The minimum atomic E-state index is -0.552. The Morgan fingerprint density at radius 3 is 2.67 bits per heavy atom. The van der Waals surface area contributed by atoms with Crippen molar-refractivity contribution >= 4 is 5.82 Å². The molecule has 0 bridgehead atoms. The van der Waals surface area contributed by atoms with E-state index in [0.29, 0.717) is 49.0 Å². The Bertz CT molecular complexity index is 1260. The maximum Gasteiger partial charge on any atom is 0.352 e. The predicted octanol–water partition coefficient (Wildman–Crippen LogP) is 3.31. The second-order valence-electron chi connectivity index (χ2n) is 7.64. The summed E-state index contributed by atoms with van der Waals surface area (Å²) < 4.78 is 32.8. The summed E-state index contributed by atoms with van der Waals surface area (Å²) in [5, 5.41) is 9.02. The summed E-state index contributed by atoms with van der Waals surface area (Å²) in [4.78, 5) is 18.3. The summed E-state index contributed by atoms with van der Waals surface area (Å²) in [5.74, 6) is 0.817. The fraction of sp³-hybridized carbons (Fsp3) is 0.292. The van der Waals surface area contributed by atoms with Crippen LogP contribution in [0, 0.1) is 24.1 Å². The number of halogens is 1. The van der Waals surface area contributed by atoms with E-state index in [1.54, 1.807) is 44.3 Å². The Hall–Kier alpha value is -3.90. The first-order valence-corrected chi connectivity index (χ1v) is 10.4. The zero-order valence-electron chi connectivity index (χ0n) is 18.4. The number of anilines is 1. The van der Waals surface area contributed by atoms with Crippen LogP contribution in [0.1, 0.15) is 16.7 Å². The second kappa shape index (κ2) is 9.71. The van der Waals surface area contributed by atoms with Crippen LogP contribution >= 0.6 is 0 Å². The van der Waals surface area contributed by atoms with E-state index >= 15 is 0 Å². The number of ether oxygens (including phenoxy) is 3. The van der Waals surface area contributed by atoms with E-state index in [0.717, 1.165) is 5.56 Å². The van der Waals surface area contributed by atoms with Gasteiger partial charge in [0.2, 0.25) is 5.88 Å². The van der Waals surface area contributed by atoms with Gasteiger partial charge in [-0.25, -0.2) is 9.18 Å². The normalized spacial score (nSPS) is 13.5. The molecule has 170 valence electrons. The van der Waals surface area contributed by atoms with Crippen molar-refractivity contribution in [1.82, 2.24) is 9.55 Å². The van der Waals surface area contributed by atoms with Crippen molar-refractivity contribution in [2.45, 2.75) is 13.5 Å². The minimum absolute atomic E-state index is 0.0376. The van der Waals surface area contributed by atoms with Gasteiger partial charge >= 0.3 is 5.69 Å². The number of morpholine rings is 1. The van der Waals surface area contributed by atoms with Crippen molar-refractivity contribution in [3.63, 3.8) is 0 Å². The number of aryl methyl sites for hydroxylation is 1. The van der Waals surface area contributed by atoms with Gasteiger partial charge in [0.15, 0.2) is 11.6 Å². The van der Waals surface area contributed by atoms with E-state index in [1.807, 2.05) is 4.90 Å². The first-order chi connectivity index (χ1) is 15.9. The number of benzene rings is 2. The van der Waals surface area contributed by atoms with Crippen LogP contribution in [0.25, 0.3) is 0 Å². The summed E-state index contributed by atoms with van der Waals surface area (Å²) >= 11 is 0. The van der Waals surface area contributed by atoms with E-state index in [4.69, 9.17) is 19.5 Å². The van der Waals surface area contributed by atoms with Crippen molar-refractivity contribution in [1.29, 1.82) is 5.26 Å². The molecule has 0 atom stereocenters. The smallest absolute Gasteiger partial charge is 0.352 e. The lowest BCUT2D eigenvalue weighted by Gasteiger charge is -2.29. The van der Waals surface area contributed by atoms with Gasteiger partial charge in [-0.15, -0.1) is 0 Å². The van der Waals surface area contributed by atoms with E-state index in [9.17, 15) is 9.18 Å². The number of hydrogen-bond donors (Lipinski definition) is 0. The number of hydrogen-bond acceptors (Lipinski definition) is 7. The number of nitrogens with zero attached hydrogens (tertiary/aromatic N) is 4. The van der Waals surface area contributed by atoms with Crippen molar-refractivity contribution in [3.05, 3.63) is 75.5 Å². The van der Waals surface area contributed by atoms with Crippen LogP contribution < -0.4 is 20.1 Å². The lowest BCUT2D eigenvalue weighted by molar-refractivity contribution is 0.122. The SMILES string of the molecule is Cc1cc(Oc2ccc(COc3cc(N4CCOCC4)n(C)c(=O)n3)cc2F)ccc1C#N. The van der Waals surface area contributed by atoms with Gasteiger partial charge < -0.3 is 19.1 Å². The highest BCUT2D eigenvalue weighted by molar-refractivity contribution is 5.44. The standard InChI is InChI=1S/C24H23FN4O4/c1-16-11-19(5-4-18(16)14-26)33-21-6-3-17(12-20(21)25)15-32-22-13-23(28(2)24(30)27-22)29-7-9-31-10-8-29/h3-6,11-13H,7-10,15H2,1-2H3. The van der Waals surface area contributed by atoms with Crippen molar-refractivity contribution in [2.75, 3.05) is 31.2 Å². The van der Waals surface area contributed by atoms with Crippen LogP contribution in [-0.2, 0) is 18.4 Å². The highest BCUT2D eigenvalue weighted by Gasteiger charge is 2.17. The molecule has 1 saturated heterocycles. The molecule has 0 spiro atoms. The zero-order valence-corrected chi connectivity index (χ0v) is 18.4. The molecular formula is C24H23FN4O4. The van der Waals surface area contributed by atoms with E-state index in [-0.39, 0.29) is 18.2 Å². The Morgan fingerprint density at radius 2 is 1.97 bits per heavy atom. The van der Waals surface area contributed by atoms with Crippen LogP contribution in [0.15, 0.2) is 47.3 Å². The lowest BCUT2D eigenvalue weighted by atomic mass is 10.1. The predicted molar refractivity (Wildman–Crippen MR) is 119 cm³/mol. The second-order valence-corrected chi connectivity index (χ2v) is 7.64. The van der Waals surface area contributed by atoms with Gasteiger partial charge in [0.05, 0.1) is 24.8 Å². The highest BCUT2D eigenvalue weighted by atomic mass is 19.1. The molecular weight excluding hydrogens is 427 g/mol. The molecule has 0 radical (unpaired) electrons. The fourth-order valence-corrected chi connectivity index (χ4v) is 3.50. The summed E-state index contributed by atoms with van der Waals surface area (Å²) in [6.45, 7) is 4.34. The molecule has 1 fully saturated rings. The van der Waals surface area contributed by atoms with Gasteiger partial charge in [0.25, 0.3) is 0 Å². The molecule has 33 heavy (non-hydrogen) atoms. The first kappa shape index (κ1) is 22.3. The number of rotatable bonds is 6. The summed E-state index contributed by atoms with van der Waals surface area (Å²) in [7, 11) is 1.66. The lowest BCUT2D eigenvalue weighted by Crippen LogP contribution is -2.39. The molecule has 3 aromatic rings. The Labute approximate surface area is 190 Å². The molecule has 0 saturated carbocycles.